The summed E-state index contributed by atoms with van der Waals surface area (Å²) >= 11 is 1.27. The maximum Gasteiger partial charge on any atom is 1.00 e. The molecule has 496 valence electrons. The molecule has 14 atom stereocenters. The van der Waals surface area contributed by atoms with Gasteiger partial charge in [0.25, 0.3) is 18.2 Å². The van der Waals surface area contributed by atoms with Crippen LogP contribution in [0.25, 0.3) is 31.6 Å². The van der Waals surface area contributed by atoms with Gasteiger partial charge in [0, 0.05) is 68.8 Å². The van der Waals surface area contributed by atoms with Crippen molar-refractivity contribution in [2.45, 2.75) is 125 Å². The Hall–Kier alpha value is -7.15. The van der Waals surface area contributed by atoms with Crippen LogP contribution in [0.2, 0.25) is 0 Å². The van der Waals surface area contributed by atoms with Crippen LogP contribution in [-0.4, -0.2) is 226 Å². The van der Waals surface area contributed by atoms with Crippen LogP contribution >= 0.6 is 23.7 Å². The second-order valence-electron chi connectivity index (χ2n) is 22.3. The number of methoxy groups -OCH3 is 1. The summed E-state index contributed by atoms with van der Waals surface area (Å²) in [6, 6.07) is 4.42. The average Bonchev–Trinajstić information content (AvgIpc) is 1.73. The molecule has 5 aromatic rings. The van der Waals surface area contributed by atoms with E-state index in [0.29, 0.717) is 34.4 Å². The van der Waals surface area contributed by atoms with Gasteiger partial charge in [0.2, 0.25) is 46.9 Å². The molecule has 0 spiro atoms. The van der Waals surface area contributed by atoms with Crippen molar-refractivity contribution in [1.29, 1.82) is 0 Å². The normalized spacial score (nSPS) is 24.8. The van der Waals surface area contributed by atoms with Crippen LogP contribution in [0, 0.1) is 12.5 Å². The molecule has 0 aliphatic carbocycles. The SMILES string of the molecule is [C-]#[N+]C[C@@H](O)[C@@H]1NC(=O)C([C@H](O)[C@@H](O)c2ccc(O)c(OSOO[O-])c2)NC(=O)C2CC(O)CN2C(=O)C(C(C)O)NC(=O)[C@@H](NC(=O)c2ccc(-c3cn4nc(-c5ccc(OCCCCCOC)cc5)sc4n3)cc2)C[C@H](O)CNC(=O)C2[C@@H](O)C(C)CN2C1=O.[Na+]. The van der Waals surface area contributed by atoms with E-state index in [0.717, 1.165) is 65.5 Å². The van der Waals surface area contributed by atoms with Crippen LogP contribution in [0.1, 0.15) is 68.0 Å². The number of ether oxygens (including phenoxy) is 2. The third-order valence-corrected chi connectivity index (χ3v) is 17.0. The van der Waals surface area contributed by atoms with Crippen molar-refractivity contribution in [1.82, 2.24) is 51.0 Å². The average molecular weight is 1340 g/mol. The van der Waals surface area contributed by atoms with E-state index in [9.17, 15) is 79.7 Å². The number of aliphatic hydroxyl groups excluding tert-OH is 7. The summed E-state index contributed by atoms with van der Waals surface area (Å²) < 4.78 is 21.6. The van der Waals surface area contributed by atoms with Crippen LogP contribution in [0.4, 0.5) is 0 Å². The number of phenolic OH excluding ortho intramolecular Hbond substituents is 1. The maximum atomic E-state index is 14.7. The van der Waals surface area contributed by atoms with Gasteiger partial charge in [-0.2, -0.15) is 5.10 Å². The number of carbonyl (C=O) groups is 7. The molecule has 8 rings (SSSR count). The number of benzene rings is 3. The molecule has 0 saturated carbocycles. The molecule has 93 heavy (non-hydrogen) atoms. The van der Waals surface area contributed by atoms with Gasteiger partial charge in [-0.15, -0.1) is 4.33 Å². The monoisotopic (exact) mass is 1340 g/mol. The molecule has 3 fully saturated rings. The van der Waals surface area contributed by atoms with Crippen molar-refractivity contribution in [3.8, 4) is 39.1 Å². The quantitative estimate of drug-likeness (QED) is 0.00814. The van der Waals surface area contributed by atoms with Gasteiger partial charge in [0.05, 0.1) is 42.9 Å². The molecule has 7 unspecified atom stereocenters. The fourth-order valence-electron chi connectivity index (χ4n) is 10.7. The van der Waals surface area contributed by atoms with Gasteiger partial charge in [0.15, 0.2) is 17.6 Å². The number of carbonyl (C=O) groups excluding carboxylic acids is 7. The second kappa shape index (κ2) is 33.8. The molecule has 3 aliphatic rings. The smallest absolute Gasteiger partial charge is 0.691 e. The van der Waals surface area contributed by atoms with Gasteiger partial charge in [-0.05, 0) is 80.3 Å². The van der Waals surface area contributed by atoms with Crippen LogP contribution in [-0.2, 0) is 42.9 Å². The Labute approximate surface area is 561 Å². The van der Waals surface area contributed by atoms with E-state index in [1.807, 2.05) is 24.3 Å². The number of β-amino-alcohol motifs (C(OH)–C–C–N with tert-alkyl or cyclic N) is 1. The van der Waals surface area contributed by atoms with Crippen molar-refractivity contribution >= 4 is 70.0 Å². The molecule has 32 nitrogen and oxygen atoms in total. The van der Waals surface area contributed by atoms with Gasteiger partial charge in [-0.25, -0.2) is 16.1 Å². The largest absolute Gasteiger partial charge is 1.00 e. The van der Waals surface area contributed by atoms with Gasteiger partial charge in [-0.1, -0.05) is 36.5 Å². The number of amides is 7. The van der Waals surface area contributed by atoms with Crippen LogP contribution in [0.3, 0.4) is 0 Å². The van der Waals surface area contributed by atoms with Gasteiger partial charge in [-0.3, -0.25) is 38.6 Å². The van der Waals surface area contributed by atoms with E-state index in [1.165, 1.54) is 30.4 Å². The number of imidazole rings is 1. The Morgan fingerprint density at radius 1 is 0.839 bits per heavy atom. The first-order chi connectivity index (χ1) is 44.0. The predicted molar refractivity (Wildman–Crippen MR) is 319 cm³/mol. The topological polar surface area (TPSA) is 452 Å². The first-order valence-corrected chi connectivity index (χ1v) is 30.5. The molecule has 0 bridgehead atoms. The molecule has 13 N–H and O–H groups in total. The first-order valence-electron chi connectivity index (χ1n) is 29.0. The van der Waals surface area contributed by atoms with E-state index in [2.05, 4.69) is 40.8 Å². The second-order valence-corrected chi connectivity index (χ2v) is 23.7. The number of phenols is 1. The molecule has 0 radical (unpaired) electrons. The summed E-state index contributed by atoms with van der Waals surface area (Å²) in [6.07, 6.45) is -10.3. The zero-order valence-corrected chi connectivity index (χ0v) is 54.3. The van der Waals surface area contributed by atoms with Crippen molar-refractivity contribution < 1.29 is 132 Å². The van der Waals surface area contributed by atoms with E-state index in [-0.39, 0.29) is 53.0 Å². The Bertz CT molecular complexity index is 3420. The molecule has 3 aliphatic heterocycles. The van der Waals surface area contributed by atoms with Crippen molar-refractivity contribution in [2.75, 3.05) is 46.5 Å². The van der Waals surface area contributed by atoms with Gasteiger partial charge >= 0.3 is 29.6 Å². The molecule has 2 aromatic heterocycles. The molecule has 3 saturated heterocycles. The Morgan fingerprint density at radius 2 is 1.52 bits per heavy atom. The summed E-state index contributed by atoms with van der Waals surface area (Å²) in [5.41, 5.74) is 1.57. The number of rotatable bonds is 21. The number of aliphatic hydroxyl groups is 7. The number of nitrogens with zero attached hydrogens (tertiary/aromatic N) is 6. The minimum absolute atomic E-state index is 0. The van der Waals surface area contributed by atoms with Crippen LogP contribution in [0.15, 0.2) is 72.9 Å². The molecular formula is C58H70N11NaO21S2. The Morgan fingerprint density at radius 3 is 2.19 bits per heavy atom. The Kier molecular flexibility index (Phi) is 26.6. The minimum Gasteiger partial charge on any atom is -0.691 e. The van der Waals surface area contributed by atoms with E-state index < -0.39 is 177 Å². The molecule has 5 heterocycles. The van der Waals surface area contributed by atoms with Crippen LogP contribution < -0.4 is 70.3 Å². The van der Waals surface area contributed by atoms with Crippen LogP contribution in [0.5, 0.6) is 17.2 Å². The summed E-state index contributed by atoms with van der Waals surface area (Å²) in [7, 11) is 1.67. The standard InChI is InChI=1S/C58H71N11O21S2.Na/c1-28-25-68-46(47(28)75)54(82)60-23-34(71)21-37(61-50(78)31-10-8-30(9-11-31)38-27-69-58(62-38)91-55(66-69)32-12-15-36(16-13-32)87-19-7-5-6-18-86-4)51(79)63-43(29(2)70)56(83)67-26-35(72)22-39(67)52(80)65-45(53(81)64-44(57(68)84)41(74)24-59-3)49(77)48(76)33-14-17-40(73)42(20-33)88-92-90-89-85;/h8-17,20,27-29,34-35,37,39,41,43-49,70-77,85H,5-7,18-19,21-26H2,1-2,4H3,(H,60,82)(H,61,78)(H,63,79)(H,64,81)(H,65,80);/q;+1/p-1/t28?,29?,34-,35?,37-,39?,41+,43?,44-,45?,46?,47-,48-,49-;/m0./s1. The maximum absolute atomic E-state index is 14.7. The van der Waals surface area contributed by atoms with E-state index in [4.69, 9.17) is 30.3 Å². The zero-order chi connectivity index (χ0) is 66.5. The summed E-state index contributed by atoms with van der Waals surface area (Å²) in [5.74, 6) is -9.80. The number of unbranched alkanes of at least 4 members (excludes halogenated alkanes) is 2. The van der Waals surface area contributed by atoms with Crippen molar-refractivity contribution in [2.24, 2.45) is 5.92 Å². The van der Waals surface area contributed by atoms with Gasteiger partial charge in [0.1, 0.15) is 59.2 Å². The first kappa shape index (κ1) is 73.3. The summed E-state index contributed by atoms with van der Waals surface area (Å²) in [4.78, 5) is 111. The number of nitrogens with one attached hydrogen (secondary N) is 5. The number of aromatic nitrogens is 3. The third-order valence-electron chi connectivity index (χ3n) is 15.7. The fourth-order valence-corrected chi connectivity index (χ4v) is 11.9. The van der Waals surface area contributed by atoms with E-state index in [1.54, 1.807) is 30.0 Å². The van der Waals surface area contributed by atoms with E-state index >= 15 is 0 Å². The molecule has 35 heteroatoms. The minimum atomic E-state index is -2.51. The Balaban J connectivity index is 0.0000123. The summed E-state index contributed by atoms with van der Waals surface area (Å²) in [6.45, 7) is 8.64. The predicted octanol–water partition coefficient (Wildman–Crippen LogP) is -5.45. The number of hydrogen-bond acceptors (Lipinski definition) is 25. The van der Waals surface area contributed by atoms with Gasteiger partial charge < -0.3 is 101 Å². The van der Waals surface area contributed by atoms with Crippen molar-refractivity contribution in [3.05, 3.63) is 95.5 Å². The number of aromatic hydroxyl groups is 1. The third kappa shape index (κ3) is 18.2. The molecule has 7 amide bonds. The molecule has 3 aromatic carbocycles. The molecular weight excluding hydrogens is 1270 g/mol. The number of hydrogen-bond donors (Lipinski definition) is 13. The summed E-state index contributed by atoms with van der Waals surface area (Å²) in [5, 5.41) is 121. The van der Waals surface area contributed by atoms with Crippen molar-refractivity contribution in [3.63, 3.8) is 0 Å². The fraction of sp³-hybridized carbons (Fsp3) is 0.483. The number of fused-ring (bicyclic) bond motifs is 3. The zero-order valence-electron chi connectivity index (χ0n) is 50.7.